The van der Waals surface area contributed by atoms with Crippen LogP contribution in [0.15, 0.2) is 6.20 Å². The fourth-order valence-electron chi connectivity index (χ4n) is 2.42. The van der Waals surface area contributed by atoms with E-state index in [0.29, 0.717) is 12.0 Å². The molecule has 0 aliphatic heterocycles. The molecule has 0 aromatic carbocycles. The van der Waals surface area contributed by atoms with Crippen molar-refractivity contribution >= 4 is 5.82 Å². The van der Waals surface area contributed by atoms with E-state index in [2.05, 4.69) is 15.3 Å². The van der Waals surface area contributed by atoms with Gasteiger partial charge in [-0.2, -0.15) is 0 Å². The van der Waals surface area contributed by atoms with E-state index in [9.17, 15) is 5.11 Å². The molecule has 17 heavy (non-hydrogen) atoms. The summed E-state index contributed by atoms with van der Waals surface area (Å²) in [5.41, 5.74) is 1.93. The van der Waals surface area contributed by atoms with Gasteiger partial charge in [-0.05, 0) is 26.7 Å². The van der Waals surface area contributed by atoms with E-state index in [0.717, 1.165) is 30.0 Å². The van der Waals surface area contributed by atoms with Crippen molar-refractivity contribution in [3.8, 4) is 0 Å². The van der Waals surface area contributed by atoms with Gasteiger partial charge in [0.05, 0.1) is 17.6 Å². The summed E-state index contributed by atoms with van der Waals surface area (Å²) in [4.78, 5) is 8.79. The minimum atomic E-state index is 0.260. The number of aromatic nitrogens is 2. The van der Waals surface area contributed by atoms with Crippen LogP contribution in [0, 0.1) is 19.8 Å². The summed E-state index contributed by atoms with van der Waals surface area (Å²) in [6.45, 7) is 4.19. The molecular formula is C13H21N3O. The second-order valence-corrected chi connectivity index (χ2v) is 4.90. The van der Waals surface area contributed by atoms with E-state index in [4.69, 9.17) is 0 Å². The maximum Gasteiger partial charge on any atom is 0.145 e. The molecule has 0 amide bonds. The largest absolute Gasteiger partial charge is 0.396 e. The molecule has 1 fully saturated rings. The maximum atomic E-state index is 9.36. The summed E-state index contributed by atoms with van der Waals surface area (Å²) >= 11 is 0. The Bertz CT molecular complexity index is 381. The molecule has 1 saturated carbocycles. The zero-order chi connectivity index (χ0) is 12.3. The molecule has 2 atom stereocenters. The van der Waals surface area contributed by atoms with E-state index in [1.165, 1.54) is 12.8 Å². The quantitative estimate of drug-likeness (QED) is 0.842. The molecule has 94 valence electrons. The zero-order valence-electron chi connectivity index (χ0n) is 10.6. The number of aliphatic hydroxyl groups excluding tert-OH is 1. The minimum Gasteiger partial charge on any atom is -0.396 e. The molecule has 2 rings (SSSR count). The molecule has 0 bridgehead atoms. The number of hydrogen-bond acceptors (Lipinski definition) is 4. The molecule has 1 aliphatic carbocycles. The normalized spacial score (nSPS) is 24.6. The second-order valence-electron chi connectivity index (χ2n) is 4.90. The maximum absolute atomic E-state index is 9.36. The summed E-state index contributed by atoms with van der Waals surface area (Å²) in [5.74, 6) is 1.19. The molecule has 0 saturated heterocycles. The van der Waals surface area contributed by atoms with Gasteiger partial charge in [-0.1, -0.05) is 12.8 Å². The predicted octanol–water partition coefficient (Wildman–Crippen LogP) is 2.06. The van der Waals surface area contributed by atoms with Crippen LogP contribution in [0.25, 0.3) is 0 Å². The van der Waals surface area contributed by atoms with Gasteiger partial charge in [0.2, 0.25) is 0 Å². The average Bonchev–Trinajstić information content (AvgIpc) is 2.34. The molecule has 4 nitrogen and oxygen atoms in total. The van der Waals surface area contributed by atoms with Crippen molar-refractivity contribution in [3.05, 3.63) is 17.6 Å². The molecule has 1 aromatic heterocycles. The van der Waals surface area contributed by atoms with Gasteiger partial charge in [-0.3, -0.25) is 4.98 Å². The smallest absolute Gasteiger partial charge is 0.145 e. The van der Waals surface area contributed by atoms with Crippen molar-refractivity contribution in [3.63, 3.8) is 0 Å². The van der Waals surface area contributed by atoms with Crippen LogP contribution in [0.3, 0.4) is 0 Å². The lowest BCUT2D eigenvalue weighted by atomic mass is 9.85. The first kappa shape index (κ1) is 12.3. The number of rotatable bonds is 3. The first-order valence-electron chi connectivity index (χ1n) is 6.38. The fraction of sp³-hybridized carbons (Fsp3) is 0.692. The van der Waals surface area contributed by atoms with Crippen molar-refractivity contribution < 1.29 is 5.11 Å². The predicted molar refractivity (Wildman–Crippen MR) is 68.0 cm³/mol. The van der Waals surface area contributed by atoms with E-state index >= 15 is 0 Å². The van der Waals surface area contributed by atoms with Crippen LogP contribution in [0.1, 0.15) is 37.1 Å². The number of aliphatic hydroxyl groups is 1. The number of aryl methyl sites for hydroxylation is 2. The molecule has 0 spiro atoms. The second kappa shape index (κ2) is 5.45. The highest BCUT2D eigenvalue weighted by molar-refractivity contribution is 5.35. The Morgan fingerprint density at radius 2 is 2.06 bits per heavy atom. The summed E-state index contributed by atoms with van der Waals surface area (Å²) in [5, 5.41) is 12.8. The summed E-state index contributed by atoms with van der Waals surface area (Å²) < 4.78 is 0. The van der Waals surface area contributed by atoms with Gasteiger partial charge < -0.3 is 10.4 Å². The highest BCUT2D eigenvalue weighted by atomic mass is 16.3. The third-order valence-corrected chi connectivity index (χ3v) is 3.67. The molecule has 2 N–H and O–H groups in total. The lowest BCUT2D eigenvalue weighted by molar-refractivity contribution is 0.178. The molecule has 1 heterocycles. The Hall–Kier alpha value is -1.16. The molecule has 1 aromatic rings. The monoisotopic (exact) mass is 235 g/mol. The first-order chi connectivity index (χ1) is 8.20. The van der Waals surface area contributed by atoms with Crippen LogP contribution in [-0.4, -0.2) is 27.7 Å². The fourth-order valence-corrected chi connectivity index (χ4v) is 2.42. The van der Waals surface area contributed by atoms with Gasteiger partial charge in [-0.15, -0.1) is 0 Å². The summed E-state index contributed by atoms with van der Waals surface area (Å²) in [6, 6.07) is 0.338. The van der Waals surface area contributed by atoms with E-state index in [1.807, 2.05) is 13.8 Å². The third kappa shape index (κ3) is 2.94. The SMILES string of the molecule is Cc1ncc(NC2CCCCC2CO)nc1C. The lowest BCUT2D eigenvalue weighted by Gasteiger charge is -2.31. The summed E-state index contributed by atoms with van der Waals surface area (Å²) in [6.07, 6.45) is 6.45. The Morgan fingerprint density at radius 3 is 2.76 bits per heavy atom. The standard InChI is InChI=1S/C13H21N3O/c1-9-10(2)15-13(7-14-9)16-12-6-4-3-5-11(12)8-17/h7,11-12,17H,3-6,8H2,1-2H3,(H,15,16). The highest BCUT2D eigenvalue weighted by Crippen LogP contribution is 2.26. The molecular weight excluding hydrogens is 214 g/mol. The number of anilines is 1. The minimum absolute atomic E-state index is 0.260. The van der Waals surface area contributed by atoms with Gasteiger partial charge in [0.15, 0.2) is 0 Å². The van der Waals surface area contributed by atoms with Crippen LogP contribution in [0.5, 0.6) is 0 Å². The first-order valence-corrected chi connectivity index (χ1v) is 6.38. The summed E-state index contributed by atoms with van der Waals surface area (Å²) in [7, 11) is 0. The molecule has 1 aliphatic rings. The van der Waals surface area contributed by atoms with Crippen LogP contribution in [-0.2, 0) is 0 Å². The van der Waals surface area contributed by atoms with E-state index in [-0.39, 0.29) is 6.61 Å². The molecule has 0 radical (unpaired) electrons. The topological polar surface area (TPSA) is 58.0 Å². The number of nitrogens with zero attached hydrogens (tertiary/aromatic N) is 2. The Balaban J connectivity index is 2.05. The number of nitrogens with one attached hydrogen (secondary N) is 1. The highest BCUT2D eigenvalue weighted by Gasteiger charge is 2.24. The van der Waals surface area contributed by atoms with E-state index < -0.39 is 0 Å². The van der Waals surface area contributed by atoms with Crippen molar-refractivity contribution in [2.75, 3.05) is 11.9 Å². The van der Waals surface area contributed by atoms with Gasteiger partial charge in [0, 0.05) is 18.6 Å². The van der Waals surface area contributed by atoms with Gasteiger partial charge in [0.25, 0.3) is 0 Å². The zero-order valence-corrected chi connectivity index (χ0v) is 10.6. The lowest BCUT2D eigenvalue weighted by Crippen LogP contribution is -2.34. The van der Waals surface area contributed by atoms with Crippen LogP contribution in [0.2, 0.25) is 0 Å². The van der Waals surface area contributed by atoms with Crippen LogP contribution in [0.4, 0.5) is 5.82 Å². The van der Waals surface area contributed by atoms with Gasteiger partial charge >= 0.3 is 0 Å². The van der Waals surface area contributed by atoms with Crippen molar-refractivity contribution in [1.82, 2.24) is 9.97 Å². The van der Waals surface area contributed by atoms with Crippen molar-refractivity contribution in [2.24, 2.45) is 5.92 Å². The number of hydrogen-bond donors (Lipinski definition) is 2. The Kier molecular flexibility index (Phi) is 3.94. The van der Waals surface area contributed by atoms with Crippen molar-refractivity contribution in [2.45, 2.75) is 45.6 Å². The van der Waals surface area contributed by atoms with Crippen LogP contribution >= 0.6 is 0 Å². The van der Waals surface area contributed by atoms with Crippen molar-refractivity contribution in [1.29, 1.82) is 0 Å². The van der Waals surface area contributed by atoms with Crippen LogP contribution < -0.4 is 5.32 Å². The Labute approximate surface area is 102 Å². The van der Waals surface area contributed by atoms with Gasteiger partial charge in [-0.25, -0.2) is 4.98 Å². The third-order valence-electron chi connectivity index (χ3n) is 3.67. The molecule has 4 heteroatoms. The molecule has 2 unspecified atom stereocenters. The average molecular weight is 235 g/mol. The van der Waals surface area contributed by atoms with Gasteiger partial charge in [0.1, 0.15) is 5.82 Å². The van der Waals surface area contributed by atoms with E-state index in [1.54, 1.807) is 6.20 Å². The Morgan fingerprint density at radius 1 is 1.29 bits per heavy atom.